The van der Waals surface area contributed by atoms with Crippen molar-refractivity contribution >= 4 is 17.8 Å². The van der Waals surface area contributed by atoms with Crippen LogP contribution in [0.1, 0.15) is 50.6 Å². The second-order valence-electron chi connectivity index (χ2n) is 6.91. The molecule has 0 unspecified atom stereocenters. The van der Waals surface area contributed by atoms with Crippen molar-refractivity contribution in [1.29, 1.82) is 0 Å². The Labute approximate surface area is 148 Å². The first-order valence-electron chi connectivity index (χ1n) is 9.19. The number of piperidine rings is 1. The summed E-state index contributed by atoms with van der Waals surface area (Å²) in [5.41, 5.74) is 2.11. The molecule has 7 nitrogen and oxygen atoms in total. The molecule has 1 aromatic heterocycles. The van der Waals surface area contributed by atoms with Gasteiger partial charge in [0.1, 0.15) is 5.82 Å². The molecule has 25 heavy (non-hydrogen) atoms. The molecule has 136 valence electrons. The van der Waals surface area contributed by atoms with E-state index in [0.717, 1.165) is 24.8 Å². The molecule has 7 heteroatoms. The van der Waals surface area contributed by atoms with E-state index in [0.29, 0.717) is 11.7 Å². The molecule has 1 saturated heterocycles. The fourth-order valence-corrected chi connectivity index (χ4v) is 3.81. The average molecular weight is 345 g/mol. The lowest BCUT2D eigenvalue weighted by Crippen LogP contribution is -2.47. The first-order chi connectivity index (χ1) is 12.2. The normalized spacial score (nSPS) is 22.8. The fraction of sp³-hybridized carbons (Fsp3) is 0.611. The van der Waals surface area contributed by atoms with Gasteiger partial charge in [-0.2, -0.15) is 0 Å². The summed E-state index contributed by atoms with van der Waals surface area (Å²) < 4.78 is 0. The predicted molar refractivity (Wildman–Crippen MR) is 96.1 cm³/mol. The summed E-state index contributed by atoms with van der Waals surface area (Å²) in [5.74, 6) is 0.174. The number of likely N-dealkylation sites (tertiary alicyclic amines) is 1. The molecule has 3 N–H and O–H groups in total. The lowest BCUT2D eigenvalue weighted by Gasteiger charge is -2.40. The highest BCUT2D eigenvalue weighted by atomic mass is 16.5. The Morgan fingerprint density at radius 3 is 2.72 bits per heavy atom. The maximum Gasteiger partial charge on any atom is 0.267 e. The van der Waals surface area contributed by atoms with Crippen molar-refractivity contribution in [2.45, 2.75) is 57.0 Å². The summed E-state index contributed by atoms with van der Waals surface area (Å²) in [5, 5.41) is 11.9. The zero-order valence-electron chi connectivity index (χ0n) is 14.5. The van der Waals surface area contributed by atoms with Crippen molar-refractivity contribution in [1.82, 2.24) is 20.3 Å². The van der Waals surface area contributed by atoms with Gasteiger partial charge in [0.15, 0.2) is 0 Å². The fourth-order valence-electron chi connectivity index (χ4n) is 3.81. The van der Waals surface area contributed by atoms with Gasteiger partial charge in [0.05, 0.1) is 18.1 Å². The molecule has 1 aliphatic carbocycles. The molecule has 1 aromatic rings. The zero-order valence-corrected chi connectivity index (χ0v) is 14.5. The molecular formula is C18H27N5O2. The highest BCUT2D eigenvalue weighted by Gasteiger charge is 2.26. The Hall–Kier alpha value is -1.99. The van der Waals surface area contributed by atoms with E-state index in [-0.39, 0.29) is 0 Å². The van der Waals surface area contributed by atoms with Crippen LogP contribution < -0.4 is 10.8 Å². The van der Waals surface area contributed by atoms with Gasteiger partial charge in [-0.05, 0) is 38.3 Å². The highest BCUT2D eigenvalue weighted by Crippen LogP contribution is 2.26. The van der Waals surface area contributed by atoms with Crippen molar-refractivity contribution in [2.24, 2.45) is 0 Å². The molecule has 1 aliphatic heterocycles. The van der Waals surface area contributed by atoms with Crippen LogP contribution in [0.15, 0.2) is 18.5 Å². The molecule has 2 aliphatic rings. The van der Waals surface area contributed by atoms with Crippen molar-refractivity contribution in [3.63, 3.8) is 0 Å². The van der Waals surface area contributed by atoms with Crippen LogP contribution in [0.25, 0.3) is 6.08 Å². The van der Waals surface area contributed by atoms with Crippen LogP contribution in [0.4, 0.5) is 5.82 Å². The lowest BCUT2D eigenvalue weighted by atomic mass is 9.92. The summed E-state index contributed by atoms with van der Waals surface area (Å²) in [7, 11) is 0. The number of aromatic nitrogens is 2. The van der Waals surface area contributed by atoms with Gasteiger partial charge in [-0.25, -0.2) is 10.5 Å². The van der Waals surface area contributed by atoms with E-state index in [1.54, 1.807) is 17.9 Å². The first-order valence-corrected chi connectivity index (χ1v) is 9.19. The maximum atomic E-state index is 11.0. The Morgan fingerprint density at radius 2 is 2.00 bits per heavy atom. The summed E-state index contributed by atoms with van der Waals surface area (Å²) in [6.45, 7) is 2.29. The highest BCUT2D eigenvalue weighted by molar-refractivity contribution is 5.90. The second kappa shape index (κ2) is 8.92. The van der Waals surface area contributed by atoms with Crippen LogP contribution in [0.5, 0.6) is 0 Å². The monoisotopic (exact) mass is 345 g/mol. The molecule has 2 fully saturated rings. The van der Waals surface area contributed by atoms with Crippen LogP contribution in [0.3, 0.4) is 0 Å². The van der Waals surface area contributed by atoms with Gasteiger partial charge in [0.2, 0.25) is 0 Å². The Morgan fingerprint density at radius 1 is 1.16 bits per heavy atom. The molecular weight excluding hydrogens is 318 g/mol. The lowest BCUT2D eigenvalue weighted by molar-refractivity contribution is -0.124. The number of anilines is 1. The molecule has 0 aromatic carbocycles. The van der Waals surface area contributed by atoms with Crippen molar-refractivity contribution < 1.29 is 10.0 Å². The smallest absolute Gasteiger partial charge is 0.267 e. The first kappa shape index (κ1) is 17.8. The van der Waals surface area contributed by atoms with E-state index in [2.05, 4.69) is 20.2 Å². The zero-order chi connectivity index (χ0) is 17.5. The molecule has 1 amide bonds. The van der Waals surface area contributed by atoms with Crippen LogP contribution >= 0.6 is 0 Å². The van der Waals surface area contributed by atoms with E-state index >= 15 is 0 Å². The SMILES string of the molecule is O=C(C=Cc1cnc(N[C@@H]2CCCN(C3CCCCC3)C2)cn1)NO. The minimum atomic E-state index is -0.589. The molecule has 1 atom stereocenters. The Balaban J connectivity index is 1.52. The van der Waals surface area contributed by atoms with E-state index in [9.17, 15) is 4.79 Å². The van der Waals surface area contributed by atoms with Crippen molar-refractivity contribution in [3.8, 4) is 0 Å². The summed E-state index contributed by atoms with van der Waals surface area (Å²) in [4.78, 5) is 22.3. The van der Waals surface area contributed by atoms with Gasteiger partial charge in [0, 0.05) is 24.7 Å². The maximum absolute atomic E-state index is 11.0. The molecule has 0 spiro atoms. The number of hydrogen-bond acceptors (Lipinski definition) is 6. The van der Waals surface area contributed by atoms with Gasteiger partial charge >= 0.3 is 0 Å². The van der Waals surface area contributed by atoms with E-state index < -0.39 is 5.91 Å². The Bertz CT molecular complexity index is 584. The molecule has 3 rings (SSSR count). The summed E-state index contributed by atoms with van der Waals surface area (Å²) in [6.07, 6.45) is 15.2. The number of hydroxylamine groups is 1. The number of nitrogens with zero attached hydrogens (tertiary/aromatic N) is 3. The van der Waals surface area contributed by atoms with E-state index in [1.807, 2.05) is 0 Å². The summed E-state index contributed by atoms with van der Waals surface area (Å²) in [6, 6.07) is 1.17. The van der Waals surface area contributed by atoms with Crippen LogP contribution in [0, 0.1) is 0 Å². The van der Waals surface area contributed by atoms with Gasteiger partial charge in [-0.15, -0.1) is 0 Å². The predicted octanol–water partition coefficient (Wildman–Crippen LogP) is 2.20. The largest absolute Gasteiger partial charge is 0.365 e. The van der Waals surface area contributed by atoms with Crippen LogP contribution in [0.2, 0.25) is 0 Å². The number of carbonyl (C=O) groups is 1. The number of carbonyl (C=O) groups excluding carboxylic acids is 1. The van der Waals surface area contributed by atoms with Gasteiger partial charge in [0.25, 0.3) is 5.91 Å². The van der Waals surface area contributed by atoms with Gasteiger partial charge in [-0.1, -0.05) is 19.3 Å². The number of hydrogen-bond donors (Lipinski definition) is 3. The van der Waals surface area contributed by atoms with Crippen molar-refractivity contribution in [3.05, 3.63) is 24.2 Å². The third-order valence-electron chi connectivity index (χ3n) is 5.08. The Kier molecular flexibility index (Phi) is 6.36. The second-order valence-corrected chi connectivity index (χ2v) is 6.91. The molecule has 2 heterocycles. The number of amides is 1. The molecule has 1 saturated carbocycles. The van der Waals surface area contributed by atoms with Gasteiger partial charge < -0.3 is 5.32 Å². The van der Waals surface area contributed by atoms with E-state index in [4.69, 9.17) is 5.21 Å². The quantitative estimate of drug-likeness (QED) is 0.431. The third kappa shape index (κ3) is 5.24. The summed E-state index contributed by atoms with van der Waals surface area (Å²) >= 11 is 0. The average Bonchev–Trinajstić information content (AvgIpc) is 2.68. The van der Waals surface area contributed by atoms with E-state index in [1.165, 1.54) is 57.2 Å². The molecule has 0 radical (unpaired) electrons. The third-order valence-corrected chi connectivity index (χ3v) is 5.08. The topological polar surface area (TPSA) is 90.4 Å². The molecule has 0 bridgehead atoms. The standard InChI is InChI=1S/C18H27N5O2/c24-18(22-25)9-8-14-11-20-17(12-19-14)21-15-5-4-10-23(13-15)16-6-2-1-3-7-16/h8-9,11-12,15-16,25H,1-7,10,13H2,(H,20,21)(H,22,24)/t15-/m1/s1. The minimum absolute atomic E-state index is 0.409. The number of nitrogens with one attached hydrogen (secondary N) is 2. The van der Waals surface area contributed by atoms with Gasteiger partial charge in [-0.3, -0.25) is 19.9 Å². The minimum Gasteiger partial charge on any atom is -0.365 e. The van der Waals surface area contributed by atoms with Crippen LogP contribution in [-0.4, -0.2) is 51.2 Å². The van der Waals surface area contributed by atoms with Crippen molar-refractivity contribution in [2.75, 3.05) is 18.4 Å². The van der Waals surface area contributed by atoms with Crippen LogP contribution in [-0.2, 0) is 4.79 Å². The number of rotatable bonds is 5.